The Morgan fingerprint density at radius 2 is 2.33 bits per heavy atom. The SMILES string of the molecule is C[C@H](Cc1cccc(F)c1)C(=O)N1CCO[C@@H](c2nncn2C)C1. The maximum atomic E-state index is 13.3. The van der Waals surface area contributed by atoms with Gasteiger partial charge in [-0.25, -0.2) is 4.39 Å². The standard InChI is InChI=1S/C17H21FN4O2/c1-12(8-13-4-3-5-14(18)9-13)17(23)22-6-7-24-15(10-22)16-20-19-11-21(16)2/h3-5,9,11-12,15H,6-8,10H2,1-2H3/t12-,15-/m1/s1. The number of nitrogens with zero attached hydrogens (tertiary/aromatic N) is 4. The average Bonchev–Trinajstić information content (AvgIpc) is 3.00. The second-order valence-electron chi connectivity index (χ2n) is 6.18. The largest absolute Gasteiger partial charge is 0.366 e. The van der Waals surface area contributed by atoms with Crippen LogP contribution in [0.25, 0.3) is 0 Å². The zero-order chi connectivity index (χ0) is 17.1. The Hall–Kier alpha value is -2.28. The molecule has 0 N–H and O–H groups in total. The predicted octanol–water partition coefficient (Wildman–Crippen LogP) is 1.73. The lowest BCUT2D eigenvalue weighted by molar-refractivity contribution is -0.143. The summed E-state index contributed by atoms with van der Waals surface area (Å²) in [5, 5.41) is 7.92. The molecular weight excluding hydrogens is 311 g/mol. The molecule has 24 heavy (non-hydrogen) atoms. The molecule has 1 aromatic carbocycles. The van der Waals surface area contributed by atoms with Crippen molar-refractivity contribution in [2.24, 2.45) is 13.0 Å². The molecule has 2 heterocycles. The molecule has 0 radical (unpaired) electrons. The number of hydrogen-bond acceptors (Lipinski definition) is 4. The number of morpholine rings is 1. The molecule has 1 aliphatic rings. The van der Waals surface area contributed by atoms with Crippen LogP contribution in [0.2, 0.25) is 0 Å². The van der Waals surface area contributed by atoms with E-state index in [4.69, 9.17) is 4.74 Å². The van der Waals surface area contributed by atoms with Crippen molar-refractivity contribution in [1.82, 2.24) is 19.7 Å². The number of carbonyl (C=O) groups excluding carboxylic acids is 1. The van der Waals surface area contributed by atoms with Crippen LogP contribution in [0, 0.1) is 11.7 Å². The lowest BCUT2D eigenvalue weighted by atomic mass is 9.99. The molecule has 0 bridgehead atoms. The summed E-state index contributed by atoms with van der Waals surface area (Å²) in [6.45, 7) is 3.36. The fourth-order valence-electron chi connectivity index (χ4n) is 3.01. The Labute approximate surface area is 140 Å². The maximum Gasteiger partial charge on any atom is 0.225 e. The molecule has 0 saturated carbocycles. The van der Waals surface area contributed by atoms with E-state index in [0.29, 0.717) is 31.9 Å². The van der Waals surface area contributed by atoms with E-state index < -0.39 is 0 Å². The molecule has 3 rings (SSSR count). The van der Waals surface area contributed by atoms with Gasteiger partial charge in [-0.3, -0.25) is 4.79 Å². The van der Waals surface area contributed by atoms with Crippen LogP contribution >= 0.6 is 0 Å². The number of aromatic nitrogens is 3. The van der Waals surface area contributed by atoms with E-state index >= 15 is 0 Å². The maximum absolute atomic E-state index is 13.3. The van der Waals surface area contributed by atoms with Gasteiger partial charge in [-0.05, 0) is 24.1 Å². The topological polar surface area (TPSA) is 60.3 Å². The molecule has 1 aliphatic heterocycles. The van der Waals surface area contributed by atoms with Crippen molar-refractivity contribution in [2.75, 3.05) is 19.7 Å². The van der Waals surface area contributed by atoms with Crippen LogP contribution in [0.5, 0.6) is 0 Å². The van der Waals surface area contributed by atoms with Gasteiger partial charge in [0.1, 0.15) is 18.2 Å². The first kappa shape index (κ1) is 16.6. The smallest absolute Gasteiger partial charge is 0.225 e. The minimum absolute atomic E-state index is 0.0507. The van der Waals surface area contributed by atoms with Crippen LogP contribution in [-0.4, -0.2) is 45.3 Å². The van der Waals surface area contributed by atoms with E-state index in [1.165, 1.54) is 12.1 Å². The van der Waals surface area contributed by atoms with E-state index in [9.17, 15) is 9.18 Å². The van der Waals surface area contributed by atoms with Gasteiger partial charge in [-0.15, -0.1) is 10.2 Å². The number of hydrogen-bond donors (Lipinski definition) is 0. The van der Waals surface area contributed by atoms with Gasteiger partial charge < -0.3 is 14.2 Å². The second-order valence-corrected chi connectivity index (χ2v) is 6.18. The van der Waals surface area contributed by atoms with Gasteiger partial charge in [-0.1, -0.05) is 19.1 Å². The first-order valence-corrected chi connectivity index (χ1v) is 8.03. The lowest BCUT2D eigenvalue weighted by Gasteiger charge is -2.34. The molecule has 1 aromatic heterocycles. The molecule has 1 saturated heterocycles. The fraction of sp³-hybridized carbons (Fsp3) is 0.471. The zero-order valence-corrected chi connectivity index (χ0v) is 13.9. The third-order valence-corrected chi connectivity index (χ3v) is 4.27. The lowest BCUT2D eigenvalue weighted by Crippen LogP contribution is -2.45. The Bertz CT molecular complexity index is 718. The molecule has 2 atom stereocenters. The molecule has 6 nitrogen and oxygen atoms in total. The second kappa shape index (κ2) is 7.09. The Morgan fingerprint density at radius 1 is 1.50 bits per heavy atom. The summed E-state index contributed by atoms with van der Waals surface area (Å²) in [6.07, 6.45) is 1.87. The van der Waals surface area contributed by atoms with E-state index in [2.05, 4.69) is 10.2 Å². The number of rotatable bonds is 4. The van der Waals surface area contributed by atoms with Crippen LogP contribution in [0.1, 0.15) is 24.4 Å². The van der Waals surface area contributed by atoms with Crippen LogP contribution in [-0.2, 0) is 23.0 Å². The van der Waals surface area contributed by atoms with Gasteiger partial charge in [0.25, 0.3) is 0 Å². The van der Waals surface area contributed by atoms with Crippen molar-refractivity contribution in [3.63, 3.8) is 0 Å². The van der Waals surface area contributed by atoms with Crippen molar-refractivity contribution in [1.29, 1.82) is 0 Å². The molecule has 1 fully saturated rings. The summed E-state index contributed by atoms with van der Waals surface area (Å²) in [5.74, 6) is 0.269. The third-order valence-electron chi connectivity index (χ3n) is 4.27. The van der Waals surface area contributed by atoms with E-state index in [1.54, 1.807) is 21.9 Å². The summed E-state index contributed by atoms with van der Waals surface area (Å²) < 4.78 is 20.8. The van der Waals surface area contributed by atoms with Crippen molar-refractivity contribution in [2.45, 2.75) is 19.4 Å². The average molecular weight is 332 g/mol. The molecule has 0 aliphatic carbocycles. The van der Waals surface area contributed by atoms with Gasteiger partial charge >= 0.3 is 0 Å². The Kier molecular flexibility index (Phi) is 4.89. The molecule has 7 heteroatoms. The number of carbonyl (C=O) groups is 1. The van der Waals surface area contributed by atoms with Crippen LogP contribution in [0.15, 0.2) is 30.6 Å². The highest BCUT2D eigenvalue weighted by atomic mass is 19.1. The van der Waals surface area contributed by atoms with Crippen molar-refractivity contribution < 1.29 is 13.9 Å². The predicted molar refractivity (Wildman–Crippen MR) is 85.5 cm³/mol. The Balaban J connectivity index is 1.64. The van der Waals surface area contributed by atoms with Gasteiger partial charge in [0, 0.05) is 19.5 Å². The number of ether oxygens (including phenoxy) is 1. The van der Waals surface area contributed by atoms with Crippen LogP contribution < -0.4 is 0 Å². The van der Waals surface area contributed by atoms with E-state index in [1.807, 2.05) is 20.0 Å². The molecule has 2 aromatic rings. The molecule has 0 spiro atoms. The minimum atomic E-state index is -0.277. The highest BCUT2D eigenvalue weighted by Crippen LogP contribution is 2.22. The van der Waals surface area contributed by atoms with Crippen LogP contribution in [0.3, 0.4) is 0 Å². The van der Waals surface area contributed by atoms with Gasteiger partial charge in [0.15, 0.2) is 5.82 Å². The summed E-state index contributed by atoms with van der Waals surface area (Å²) in [4.78, 5) is 14.5. The van der Waals surface area contributed by atoms with Gasteiger partial charge in [-0.2, -0.15) is 0 Å². The van der Waals surface area contributed by atoms with Crippen molar-refractivity contribution >= 4 is 5.91 Å². The summed E-state index contributed by atoms with van der Waals surface area (Å²) >= 11 is 0. The molecular formula is C17H21FN4O2. The quantitative estimate of drug-likeness (QED) is 0.856. The van der Waals surface area contributed by atoms with E-state index in [0.717, 1.165) is 5.56 Å². The summed E-state index contributed by atoms with van der Waals surface area (Å²) in [5.41, 5.74) is 0.828. The number of aryl methyl sites for hydroxylation is 1. The number of halogens is 1. The van der Waals surface area contributed by atoms with E-state index in [-0.39, 0.29) is 23.7 Å². The fourth-order valence-corrected chi connectivity index (χ4v) is 3.01. The van der Waals surface area contributed by atoms with Crippen molar-refractivity contribution in [3.8, 4) is 0 Å². The third kappa shape index (κ3) is 3.62. The van der Waals surface area contributed by atoms with Gasteiger partial charge in [0.05, 0.1) is 13.2 Å². The number of benzene rings is 1. The van der Waals surface area contributed by atoms with Crippen LogP contribution in [0.4, 0.5) is 4.39 Å². The Morgan fingerprint density at radius 3 is 3.04 bits per heavy atom. The molecule has 1 amide bonds. The first-order valence-electron chi connectivity index (χ1n) is 8.03. The van der Waals surface area contributed by atoms with Crippen molar-refractivity contribution in [3.05, 3.63) is 47.8 Å². The number of amides is 1. The minimum Gasteiger partial charge on any atom is -0.366 e. The summed E-state index contributed by atoms with van der Waals surface area (Å²) in [6, 6.07) is 6.39. The highest BCUT2D eigenvalue weighted by molar-refractivity contribution is 5.79. The first-order chi connectivity index (χ1) is 11.5. The highest BCUT2D eigenvalue weighted by Gasteiger charge is 2.30. The molecule has 0 unspecified atom stereocenters. The van der Waals surface area contributed by atoms with Gasteiger partial charge in [0.2, 0.25) is 5.91 Å². The monoisotopic (exact) mass is 332 g/mol. The molecule has 128 valence electrons. The normalized spacial score (nSPS) is 19.3. The zero-order valence-electron chi connectivity index (χ0n) is 13.9. The summed E-state index contributed by atoms with van der Waals surface area (Å²) in [7, 11) is 1.85.